The fourth-order valence-electron chi connectivity index (χ4n) is 5.19. The molecule has 0 unspecified atom stereocenters. The summed E-state index contributed by atoms with van der Waals surface area (Å²) in [6.07, 6.45) is 0. The quantitative estimate of drug-likeness (QED) is 0.313. The number of hydrogen-bond donors (Lipinski definition) is 1. The molecule has 0 fully saturated rings. The summed E-state index contributed by atoms with van der Waals surface area (Å²) >= 11 is 0. The van der Waals surface area contributed by atoms with Crippen LogP contribution in [0.5, 0.6) is 0 Å². The second-order valence-electron chi connectivity index (χ2n) is 9.13. The fraction of sp³-hybridized carbons (Fsp3) is 0.0968. The Morgan fingerprint density at radius 3 is 1.97 bits per heavy atom. The second-order valence-corrected chi connectivity index (χ2v) is 9.13. The van der Waals surface area contributed by atoms with Crippen LogP contribution in [-0.4, -0.2) is 0 Å². The summed E-state index contributed by atoms with van der Waals surface area (Å²) in [7, 11) is 0. The molecule has 0 saturated heterocycles. The Labute approximate surface area is 189 Å². The number of benzene rings is 5. The number of fused-ring (bicyclic) bond motifs is 5. The molecule has 0 spiro atoms. The standard InChI is InChI=1S/C31H25N/c1-31(2)27-15-9-8-14-26(27)30-25-13-7-6-12-24(25)29(20-28(30)31)32-23-18-16-22(17-19-23)21-10-4-3-5-11-21/h3-20,32H,1-2H3. The highest BCUT2D eigenvalue weighted by atomic mass is 14.9. The largest absolute Gasteiger partial charge is 0.355 e. The lowest BCUT2D eigenvalue weighted by Crippen LogP contribution is -2.15. The summed E-state index contributed by atoms with van der Waals surface area (Å²) in [5, 5.41) is 6.29. The van der Waals surface area contributed by atoms with Crippen LogP contribution in [0.3, 0.4) is 0 Å². The molecule has 1 N–H and O–H groups in total. The Morgan fingerprint density at radius 1 is 0.562 bits per heavy atom. The highest BCUT2D eigenvalue weighted by molar-refractivity contribution is 6.08. The predicted molar refractivity (Wildman–Crippen MR) is 137 cm³/mol. The van der Waals surface area contributed by atoms with E-state index in [1.165, 1.54) is 44.2 Å². The summed E-state index contributed by atoms with van der Waals surface area (Å²) in [5.41, 5.74) is 10.2. The second kappa shape index (κ2) is 7.10. The van der Waals surface area contributed by atoms with E-state index in [-0.39, 0.29) is 5.41 Å². The van der Waals surface area contributed by atoms with Crippen molar-refractivity contribution in [1.82, 2.24) is 0 Å². The first-order valence-electron chi connectivity index (χ1n) is 11.2. The van der Waals surface area contributed by atoms with Crippen LogP contribution in [0.1, 0.15) is 25.0 Å². The molecule has 0 aromatic heterocycles. The third-order valence-electron chi connectivity index (χ3n) is 6.86. The van der Waals surface area contributed by atoms with Crippen LogP contribution in [0, 0.1) is 0 Å². The molecule has 0 bridgehead atoms. The predicted octanol–water partition coefficient (Wildman–Crippen LogP) is 8.56. The average molecular weight is 412 g/mol. The first-order chi connectivity index (χ1) is 15.6. The maximum Gasteiger partial charge on any atom is 0.0467 e. The maximum atomic E-state index is 3.72. The van der Waals surface area contributed by atoms with Crippen LogP contribution in [-0.2, 0) is 5.41 Å². The van der Waals surface area contributed by atoms with Gasteiger partial charge in [-0.1, -0.05) is 105 Å². The van der Waals surface area contributed by atoms with Gasteiger partial charge in [-0.3, -0.25) is 0 Å². The van der Waals surface area contributed by atoms with Gasteiger partial charge in [-0.2, -0.15) is 0 Å². The summed E-state index contributed by atoms with van der Waals surface area (Å²) in [6, 6.07) is 39.2. The normalized spacial score (nSPS) is 13.6. The molecular weight excluding hydrogens is 386 g/mol. The third-order valence-corrected chi connectivity index (χ3v) is 6.86. The minimum atomic E-state index is -0.0243. The van der Waals surface area contributed by atoms with Gasteiger partial charge >= 0.3 is 0 Å². The van der Waals surface area contributed by atoms with Crippen LogP contribution < -0.4 is 5.32 Å². The lowest BCUT2D eigenvalue weighted by molar-refractivity contribution is 0.661. The minimum Gasteiger partial charge on any atom is -0.355 e. The van der Waals surface area contributed by atoms with E-state index in [0.717, 1.165) is 11.4 Å². The third kappa shape index (κ3) is 2.85. The molecule has 0 amide bonds. The number of nitrogens with one attached hydrogen (secondary N) is 1. The maximum absolute atomic E-state index is 3.72. The molecule has 1 aliphatic carbocycles. The van der Waals surface area contributed by atoms with E-state index in [1.54, 1.807) is 0 Å². The van der Waals surface area contributed by atoms with Crippen molar-refractivity contribution in [2.75, 3.05) is 5.32 Å². The Morgan fingerprint density at radius 2 is 1.19 bits per heavy atom. The van der Waals surface area contributed by atoms with Crippen molar-refractivity contribution in [2.45, 2.75) is 19.3 Å². The molecule has 5 aromatic rings. The fourth-order valence-corrected chi connectivity index (χ4v) is 5.19. The van der Waals surface area contributed by atoms with Gasteiger partial charge in [0.25, 0.3) is 0 Å². The molecule has 1 nitrogen and oxygen atoms in total. The van der Waals surface area contributed by atoms with Gasteiger partial charge < -0.3 is 5.32 Å². The van der Waals surface area contributed by atoms with E-state index in [4.69, 9.17) is 0 Å². The zero-order valence-electron chi connectivity index (χ0n) is 18.4. The van der Waals surface area contributed by atoms with Crippen LogP contribution in [0.25, 0.3) is 33.0 Å². The molecule has 6 rings (SSSR count). The van der Waals surface area contributed by atoms with Gasteiger partial charge in [-0.05, 0) is 57.0 Å². The first kappa shape index (κ1) is 18.9. The topological polar surface area (TPSA) is 12.0 Å². The molecule has 0 radical (unpaired) electrons. The molecule has 0 saturated carbocycles. The van der Waals surface area contributed by atoms with Crippen molar-refractivity contribution in [3.63, 3.8) is 0 Å². The Kier molecular flexibility index (Phi) is 4.19. The zero-order chi connectivity index (χ0) is 21.7. The van der Waals surface area contributed by atoms with Crippen molar-refractivity contribution in [2.24, 2.45) is 0 Å². The summed E-state index contributed by atoms with van der Waals surface area (Å²) in [6.45, 7) is 4.68. The van der Waals surface area contributed by atoms with Gasteiger partial charge in [0.15, 0.2) is 0 Å². The SMILES string of the molecule is CC1(C)c2ccccc2-c2c1cc(Nc1ccc(-c3ccccc3)cc1)c1ccccc21. The van der Waals surface area contributed by atoms with Gasteiger partial charge in [0.05, 0.1) is 0 Å². The van der Waals surface area contributed by atoms with Gasteiger partial charge in [0.1, 0.15) is 0 Å². The van der Waals surface area contributed by atoms with E-state index in [0.29, 0.717) is 0 Å². The zero-order valence-corrected chi connectivity index (χ0v) is 18.4. The highest BCUT2D eigenvalue weighted by Crippen LogP contribution is 2.52. The van der Waals surface area contributed by atoms with E-state index >= 15 is 0 Å². The van der Waals surface area contributed by atoms with E-state index in [2.05, 4.69) is 128 Å². The molecule has 1 aliphatic rings. The summed E-state index contributed by atoms with van der Waals surface area (Å²) in [4.78, 5) is 0. The summed E-state index contributed by atoms with van der Waals surface area (Å²) in [5.74, 6) is 0. The molecular formula is C31H25N. The Bertz CT molecular complexity index is 1440. The Balaban J connectivity index is 1.47. The van der Waals surface area contributed by atoms with E-state index in [9.17, 15) is 0 Å². The molecule has 32 heavy (non-hydrogen) atoms. The monoisotopic (exact) mass is 411 g/mol. The van der Waals surface area contributed by atoms with Crippen LogP contribution in [0.2, 0.25) is 0 Å². The molecule has 154 valence electrons. The van der Waals surface area contributed by atoms with Gasteiger partial charge in [0, 0.05) is 22.2 Å². The molecule has 0 aliphatic heterocycles. The van der Waals surface area contributed by atoms with Crippen molar-refractivity contribution < 1.29 is 0 Å². The molecule has 1 heteroatoms. The molecule has 0 atom stereocenters. The van der Waals surface area contributed by atoms with Crippen molar-refractivity contribution in [3.8, 4) is 22.3 Å². The summed E-state index contributed by atoms with van der Waals surface area (Å²) < 4.78 is 0. The van der Waals surface area contributed by atoms with Crippen molar-refractivity contribution >= 4 is 22.1 Å². The van der Waals surface area contributed by atoms with E-state index < -0.39 is 0 Å². The minimum absolute atomic E-state index is 0.0243. The van der Waals surface area contributed by atoms with Crippen LogP contribution in [0.4, 0.5) is 11.4 Å². The van der Waals surface area contributed by atoms with Gasteiger partial charge in [-0.15, -0.1) is 0 Å². The molecule has 5 aromatic carbocycles. The molecule has 0 heterocycles. The van der Waals surface area contributed by atoms with Crippen LogP contribution >= 0.6 is 0 Å². The van der Waals surface area contributed by atoms with Gasteiger partial charge in [0.2, 0.25) is 0 Å². The van der Waals surface area contributed by atoms with Crippen molar-refractivity contribution in [1.29, 1.82) is 0 Å². The first-order valence-corrected chi connectivity index (χ1v) is 11.2. The number of hydrogen-bond acceptors (Lipinski definition) is 1. The Hall–Kier alpha value is -3.84. The van der Waals surface area contributed by atoms with Gasteiger partial charge in [-0.25, -0.2) is 0 Å². The number of rotatable bonds is 3. The number of anilines is 2. The van der Waals surface area contributed by atoms with E-state index in [1.807, 2.05) is 0 Å². The van der Waals surface area contributed by atoms with Crippen LogP contribution in [0.15, 0.2) is 109 Å². The lowest BCUT2D eigenvalue weighted by atomic mass is 9.81. The smallest absolute Gasteiger partial charge is 0.0467 e. The lowest BCUT2D eigenvalue weighted by Gasteiger charge is -2.23. The average Bonchev–Trinajstić information content (AvgIpc) is 3.07. The van der Waals surface area contributed by atoms with Crippen molar-refractivity contribution in [3.05, 3.63) is 120 Å². The highest BCUT2D eigenvalue weighted by Gasteiger charge is 2.36.